The highest BCUT2D eigenvalue weighted by Gasteiger charge is 2.31. The van der Waals surface area contributed by atoms with Crippen molar-refractivity contribution < 1.29 is 31.9 Å². The summed E-state index contributed by atoms with van der Waals surface area (Å²) < 4.78 is 54.6. The number of alkyl halides is 3. The number of likely N-dealkylation sites (tertiary alicyclic amines) is 1. The molecule has 4 rings (SSSR count). The lowest BCUT2D eigenvalue weighted by Gasteiger charge is -2.30. The maximum Gasteiger partial charge on any atom is 0.416 e. The second-order valence-electron chi connectivity index (χ2n) is 8.09. The largest absolute Gasteiger partial charge is 0.493 e. The van der Waals surface area contributed by atoms with Crippen LogP contribution >= 0.6 is 0 Å². The van der Waals surface area contributed by atoms with E-state index in [4.69, 9.17) is 13.9 Å². The third-order valence-corrected chi connectivity index (χ3v) is 5.81. The highest BCUT2D eigenvalue weighted by Crippen LogP contribution is 2.32. The van der Waals surface area contributed by atoms with E-state index >= 15 is 0 Å². The third-order valence-electron chi connectivity index (χ3n) is 5.81. The van der Waals surface area contributed by atoms with Gasteiger partial charge in [-0.15, -0.1) is 10.2 Å². The zero-order chi connectivity index (χ0) is 25.0. The normalized spacial score (nSPS) is 16.5. The van der Waals surface area contributed by atoms with Crippen LogP contribution in [0.1, 0.15) is 35.8 Å². The first-order valence-electron chi connectivity index (χ1n) is 11.0. The Bertz CT molecular complexity index is 1210. The van der Waals surface area contributed by atoms with Gasteiger partial charge < -0.3 is 18.8 Å². The zero-order valence-electron chi connectivity index (χ0n) is 19.2. The van der Waals surface area contributed by atoms with Gasteiger partial charge in [0.15, 0.2) is 11.5 Å². The number of aromatic nitrogens is 2. The third kappa shape index (κ3) is 5.64. The number of hydrogen-bond donors (Lipinski definition) is 0. The Labute approximate surface area is 200 Å². The molecule has 1 saturated heterocycles. The van der Waals surface area contributed by atoms with Crippen LogP contribution in [0.2, 0.25) is 0 Å². The number of benzene rings is 2. The Morgan fingerprint density at radius 2 is 1.83 bits per heavy atom. The first kappa shape index (κ1) is 24.3. The van der Waals surface area contributed by atoms with Crippen LogP contribution in [0.25, 0.3) is 17.5 Å². The summed E-state index contributed by atoms with van der Waals surface area (Å²) in [5.41, 5.74) is 0.449. The minimum Gasteiger partial charge on any atom is -0.493 e. The molecule has 2 heterocycles. The Morgan fingerprint density at radius 1 is 1.09 bits per heavy atom. The van der Waals surface area contributed by atoms with E-state index in [1.54, 1.807) is 37.3 Å². The molecule has 0 aliphatic carbocycles. The van der Waals surface area contributed by atoms with E-state index in [1.165, 1.54) is 18.2 Å². The SMILES string of the molecule is COc1ccc(/C=C/C(=O)N2CCCC(c3nnc(-c4ccc(C(F)(F)F)cc4)o3)C2)cc1OC. The number of carbonyl (C=O) groups excluding carboxylic acids is 1. The van der Waals surface area contributed by atoms with Gasteiger partial charge in [0, 0.05) is 24.7 Å². The summed E-state index contributed by atoms with van der Waals surface area (Å²) >= 11 is 0. The Balaban J connectivity index is 1.42. The molecule has 1 fully saturated rings. The summed E-state index contributed by atoms with van der Waals surface area (Å²) in [6.45, 7) is 1.01. The number of nitrogens with zero attached hydrogens (tertiary/aromatic N) is 3. The quantitative estimate of drug-likeness (QED) is 0.445. The Hall–Kier alpha value is -3.82. The van der Waals surface area contributed by atoms with Crippen LogP contribution in [-0.2, 0) is 11.0 Å². The molecule has 35 heavy (non-hydrogen) atoms. The Morgan fingerprint density at radius 3 is 2.51 bits per heavy atom. The second-order valence-corrected chi connectivity index (χ2v) is 8.09. The van der Waals surface area contributed by atoms with Gasteiger partial charge in [-0.3, -0.25) is 4.79 Å². The van der Waals surface area contributed by atoms with Crippen molar-refractivity contribution in [3.05, 3.63) is 65.6 Å². The maximum atomic E-state index is 12.8. The fourth-order valence-corrected chi connectivity index (χ4v) is 3.93. The fraction of sp³-hybridized carbons (Fsp3) is 0.320. The van der Waals surface area contributed by atoms with Crippen molar-refractivity contribution in [2.24, 2.45) is 0 Å². The van der Waals surface area contributed by atoms with E-state index in [-0.39, 0.29) is 17.7 Å². The van der Waals surface area contributed by atoms with E-state index in [2.05, 4.69) is 10.2 Å². The number of ether oxygens (including phenoxy) is 2. The summed E-state index contributed by atoms with van der Waals surface area (Å²) in [4.78, 5) is 14.5. The lowest BCUT2D eigenvalue weighted by Crippen LogP contribution is -2.38. The molecule has 0 saturated carbocycles. The molecule has 0 radical (unpaired) electrons. The summed E-state index contributed by atoms with van der Waals surface area (Å²) in [5.74, 6) is 1.38. The maximum absolute atomic E-state index is 12.8. The highest BCUT2D eigenvalue weighted by atomic mass is 19.4. The van der Waals surface area contributed by atoms with Crippen molar-refractivity contribution in [1.29, 1.82) is 0 Å². The van der Waals surface area contributed by atoms with E-state index in [0.717, 1.165) is 30.5 Å². The molecule has 7 nitrogen and oxygen atoms in total. The number of halogens is 3. The molecule has 1 aliphatic heterocycles. The monoisotopic (exact) mass is 487 g/mol. The number of carbonyl (C=O) groups is 1. The molecule has 1 unspecified atom stereocenters. The fourth-order valence-electron chi connectivity index (χ4n) is 3.93. The molecule has 184 valence electrons. The minimum atomic E-state index is -4.41. The first-order chi connectivity index (χ1) is 16.8. The molecule has 2 aromatic carbocycles. The summed E-state index contributed by atoms with van der Waals surface area (Å²) in [6.07, 6.45) is 0.329. The number of piperidine rings is 1. The number of methoxy groups -OCH3 is 2. The molecule has 1 aliphatic rings. The van der Waals surface area contributed by atoms with Gasteiger partial charge in [0.1, 0.15) is 0 Å². The number of hydrogen-bond acceptors (Lipinski definition) is 6. The summed E-state index contributed by atoms with van der Waals surface area (Å²) in [5, 5.41) is 8.08. The smallest absolute Gasteiger partial charge is 0.416 e. The van der Waals surface area contributed by atoms with E-state index in [1.807, 2.05) is 6.07 Å². The molecule has 0 bridgehead atoms. The van der Waals surface area contributed by atoms with Gasteiger partial charge >= 0.3 is 6.18 Å². The highest BCUT2D eigenvalue weighted by molar-refractivity contribution is 5.92. The van der Waals surface area contributed by atoms with E-state index < -0.39 is 11.7 Å². The van der Waals surface area contributed by atoms with E-state index in [0.29, 0.717) is 36.0 Å². The van der Waals surface area contributed by atoms with Crippen molar-refractivity contribution >= 4 is 12.0 Å². The van der Waals surface area contributed by atoms with Crippen LogP contribution in [0.3, 0.4) is 0 Å². The summed E-state index contributed by atoms with van der Waals surface area (Å²) in [7, 11) is 3.10. The Kier molecular flexibility index (Phi) is 7.09. The first-order valence-corrected chi connectivity index (χ1v) is 11.0. The molecule has 1 amide bonds. The van der Waals surface area contributed by atoms with Gasteiger partial charge in [-0.05, 0) is 60.9 Å². The molecule has 0 spiro atoms. The summed E-state index contributed by atoms with van der Waals surface area (Å²) in [6, 6.07) is 9.93. The average Bonchev–Trinajstić information content (AvgIpc) is 3.37. The van der Waals surface area contributed by atoms with Crippen molar-refractivity contribution in [1.82, 2.24) is 15.1 Å². The van der Waals surface area contributed by atoms with Crippen molar-refractivity contribution in [2.45, 2.75) is 24.9 Å². The molecule has 0 N–H and O–H groups in total. The minimum absolute atomic E-state index is 0.144. The molecular formula is C25H24F3N3O4. The standard InChI is InChI=1S/C25H24F3N3O4/c1-33-20-11-5-16(14-21(20)34-2)6-12-22(32)31-13-3-4-18(15-31)24-30-29-23(35-24)17-7-9-19(10-8-17)25(26,27)28/h5-12,14,18H,3-4,13,15H2,1-2H3/b12-6+. The molecule has 10 heteroatoms. The molecule has 3 aromatic rings. The molecule has 1 aromatic heterocycles. The van der Waals surface area contributed by atoms with Crippen LogP contribution < -0.4 is 9.47 Å². The number of rotatable bonds is 6. The van der Waals surface area contributed by atoms with E-state index in [9.17, 15) is 18.0 Å². The predicted molar refractivity (Wildman–Crippen MR) is 122 cm³/mol. The van der Waals surface area contributed by atoms with Gasteiger partial charge in [-0.25, -0.2) is 0 Å². The van der Waals surface area contributed by atoms with Crippen LogP contribution in [0.15, 0.2) is 53.0 Å². The van der Waals surface area contributed by atoms with Gasteiger partial charge in [0.25, 0.3) is 0 Å². The predicted octanol–water partition coefficient (Wildman–Crippen LogP) is 5.19. The van der Waals surface area contributed by atoms with Crippen LogP contribution in [0, 0.1) is 0 Å². The van der Waals surface area contributed by atoms with Gasteiger partial charge in [-0.2, -0.15) is 13.2 Å². The lowest BCUT2D eigenvalue weighted by molar-refractivity contribution is -0.137. The van der Waals surface area contributed by atoms with Crippen LogP contribution in [0.4, 0.5) is 13.2 Å². The van der Waals surface area contributed by atoms with Gasteiger partial charge in [-0.1, -0.05) is 6.07 Å². The van der Waals surface area contributed by atoms with Gasteiger partial charge in [0.2, 0.25) is 17.7 Å². The topological polar surface area (TPSA) is 77.7 Å². The molecule has 1 atom stereocenters. The number of amides is 1. The van der Waals surface area contributed by atoms with Gasteiger partial charge in [0.05, 0.1) is 25.7 Å². The van der Waals surface area contributed by atoms with Crippen molar-refractivity contribution in [3.8, 4) is 23.0 Å². The van der Waals surface area contributed by atoms with Crippen LogP contribution in [0.5, 0.6) is 11.5 Å². The average molecular weight is 487 g/mol. The van der Waals surface area contributed by atoms with Crippen molar-refractivity contribution in [2.75, 3.05) is 27.3 Å². The second kappa shape index (κ2) is 10.2. The van der Waals surface area contributed by atoms with Crippen LogP contribution in [-0.4, -0.2) is 48.3 Å². The zero-order valence-corrected chi connectivity index (χ0v) is 19.2. The molecular weight excluding hydrogens is 463 g/mol. The lowest BCUT2D eigenvalue weighted by atomic mass is 9.98. The van der Waals surface area contributed by atoms with Crippen molar-refractivity contribution in [3.63, 3.8) is 0 Å².